The molecule has 0 N–H and O–H groups in total. The van der Waals surface area contributed by atoms with Crippen LogP contribution >= 0.6 is 11.3 Å². The van der Waals surface area contributed by atoms with Gasteiger partial charge in [-0.2, -0.15) is 0 Å². The molecule has 1 fully saturated rings. The number of rotatable bonds is 1. The van der Waals surface area contributed by atoms with Crippen molar-refractivity contribution in [2.75, 3.05) is 0 Å². The Morgan fingerprint density at radius 3 is 2.59 bits per heavy atom. The molecule has 0 spiro atoms. The Kier molecular flexibility index (Phi) is 2.71. The van der Waals surface area contributed by atoms with Crippen molar-refractivity contribution >= 4 is 29.0 Å². The second-order valence-electron chi connectivity index (χ2n) is 4.79. The zero-order chi connectivity index (χ0) is 11.8. The van der Waals surface area contributed by atoms with Crippen LogP contribution in [0.5, 0.6) is 0 Å². The lowest BCUT2D eigenvalue weighted by atomic mass is 9.79. The molecule has 2 aliphatic carbocycles. The molecule has 0 amide bonds. The van der Waals surface area contributed by atoms with Crippen LogP contribution in [-0.2, 0) is 4.79 Å². The zero-order valence-electron chi connectivity index (χ0n) is 9.57. The molecule has 2 aliphatic rings. The molecule has 0 atom stereocenters. The van der Waals surface area contributed by atoms with E-state index in [1.165, 1.54) is 19.3 Å². The molecule has 0 unspecified atom stereocenters. The fraction of sp³-hybridized carbons (Fsp3) is 0.429. The predicted molar refractivity (Wildman–Crippen MR) is 68.2 cm³/mol. The summed E-state index contributed by atoms with van der Waals surface area (Å²) in [5.74, 6) is -0.248. The van der Waals surface area contributed by atoms with E-state index in [2.05, 4.69) is 0 Å². The lowest BCUT2D eigenvalue weighted by Crippen LogP contribution is -2.25. The van der Waals surface area contributed by atoms with E-state index in [1.807, 2.05) is 11.5 Å². The monoisotopic (exact) mass is 246 g/mol. The Morgan fingerprint density at radius 1 is 1.06 bits per heavy atom. The highest BCUT2D eigenvalue weighted by Gasteiger charge is 2.32. The van der Waals surface area contributed by atoms with E-state index in [0.29, 0.717) is 11.5 Å². The maximum atomic E-state index is 12.1. The smallest absolute Gasteiger partial charge is 0.234 e. The van der Waals surface area contributed by atoms with Crippen molar-refractivity contribution in [3.63, 3.8) is 0 Å². The van der Waals surface area contributed by atoms with Crippen molar-refractivity contribution in [1.29, 1.82) is 0 Å². The Labute approximate surface area is 104 Å². The highest BCUT2D eigenvalue weighted by atomic mass is 32.1. The summed E-state index contributed by atoms with van der Waals surface area (Å²) < 4.78 is 0. The number of carbonyl (C=O) groups is 2. The van der Waals surface area contributed by atoms with Crippen molar-refractivity contribution in [1.82, 2.24) is 0 Å². The van der Waals surface area contributed by atoms with Crippen molar-refractivity contribution in [2.45, 2.75) is 32.1 Å². The van der Waals surface area contributed by atoms with E-state index in [1.54, 1.807) is 17.4 Å². The van der Waals surface area contributed by atoms with Crippen LogP contribution in [0.25, 0.3) is 6.08 Å². The van der Waals surface area contributed by atoms with Crippen LogP contribution in [0.2, 0.25) is 0 Å². The minimum atomic E-state index is -0.302. The predicted octanol–water partition coefficient (Wildman–Crippen LogP) is 3.48. The van der Waals surface area contributed by atoms with Gasteiger partial charge in [0.15, 0.2) is 0 Å². The van der Waals surface area contributed by atoms with Gasteiger partial charge in [0.05, 0.1) is 0 Å². The van der Waals surface area contributed by atoms with Crippen LogP contribution in [0.4, 0.5) is 0 Å². The molecule has 17 heavy (non-hydrogen) atoms. The van der Waals surface area contributed by atoms with Gasteiger partial charge in [0.2, 0.25) is 11.6 Å². The highest BCUT2D eigenvalue weighted by molar-refractivity contribution is 7.11. The molecule has 3 heteroatoms. The fourth-order valence-electron chi connectivity index (χ4n) is 2.80. The van der Waals surface area contributed by atoms with Crippen LogP contribution < -0.4 is 0 Å². The Bertz CT molecular complexity index is 504. The molecule has 1 aromatic heterocycles. The lowest BCUT2D eigenvalue weighted by Gasteiger charge is -2.24. The molecular weight excluding hydrogens is 232 g/mol. The van der Waals surface area contributed by atoms with E-state index in [0.717, 1.165) is 23.3 Å². The number of carbonyl (C=O) groups excluding carboxylic acids is 2. The molecule has 1 saturated carbocycles. The summed E-state index contributed by atoms with van der Waals surface area (Å²) in [6.45, 7) is 0. The van der Waals surface area contributed by atoms with Crippen molar-refractivity contribution in [3.05, 3.63) is 27.5 Å². The summed E-state index contributed by atoms with van der Waals surface area (Å²) in [4.78, 5) is 25.0. The molecular formula is C14H14O2S. The number of hydrogen-bond donors (Lipinski definition) is 0. The molecule has 1 aromatic rings. The summed E-state index contributed by atoms with van der Waals surface area (Å²) in [5, 5.41) is 1.89. The maximum absolute atomic E-state index is 12.1. The molecule has 88 valence electrons. The topological polar surface area (TPSA) is 34.1 Å². The summed E-state index contributed by atoms with van der Waals surface area (Å²) >= 11 is 1.55. The van der Waals surface area contributed by atoms with Gasteiger partial charge in [0.1, 0.15) is 0 Å². The van der Waals surface area contributed by atoms with Crippen LogP contribution in [0.3, 0.4) is 0 Å². The van der Waals surface area contributed by atoms with Gasteiger partial charge in [0.25, 0.3) is 0 Å². The van der Waals surface area contributed by atoms with E-state index in [-0.39, 0.29) is 11.6 Å². The zero-order valence-corrected chi connectivity index (χ0v) is 10.4. The first-order valence-electron chi connectivity index (χ1n) is 6.15. The Hall–Kier alpha value is -1.22. The molecule has 0 bridgehead atoms. The van der Waals surface area contributed by atoms with Crippen molar-refractivity contribution < 1.29 is 9.59 Å². The average molecular weight is 246 g/mol. The Balaban J connectivity index is 1.99. The Morgan fingerprint density at radius 2 is 1.82 bits per heavy atom. The van der Waals surface area contributed by atoms with Crippen LogP contribution in [-0.4, -0.2) is 11.6 Å². The number of Topliss-reactive ketones (excluding diaryl/α,β-unsaturated/α-hetero) is 2. The van der Waals surface area contributed by atoms with Gasteiger partial charge in [0, 0.05) is 16.0 Å². The molecule has 1 heterocycles. The summed E-state index contributed by atoms with van der Waals surface area (Å²) in [7, 11) is 0. The number of allylic oxidation sites excluding steroid dienone is 1. The van der Waals surface area contributed by atoms with E-state index in [9.17, 15) is 9.59 Å². The second kappa shape index (κ2) is 4.22. The molecule has 0 saturated heterocycles. The standard InChI is InChI=1S/C14H14O2S/c15-13-10-6-7-17-12(10)8-11(14(13)16)9-4-2-1-3-5-9/h6-9H,1-5H2. The van der Waals surface area contributed by atoms with Gasteiger partial charge >= 0.3 is 0 Å². The first kappa shape index (κ1) is 10.9. The molecule has 0 aromatic carbocycles. The van der Waals surface area contributed by atoms with Gasteiger partial charge < -0.3 is 0 Å². The van der Waals surface area contributed by atoms with Crippen LogP contribution in [0.15, 0.2) is 17.0 Å². The number of thiophene rings is 1. The third kappa shape index (κ3) is 1.78. The van der Waals surface area contributed by atoms with Crippen LogP contribution in [0.1, 0.15) is 47.3 Å². The largest absolute Gasteiger partial charge is 0.285 e. The lowest BCUT2D eigenvalue weighted by molar-refractivity contribution is -0.112. The summed E-state index contributed by atoms with van der Waals surface area (Å²) in [6.07, 6.45) is 7.70. The van der Waals surface area contributed by atoms with Crippen molar-refractivity contribution in [2.24, 2.45) is 5.92 Å². The number of hydrogen-bond acceptors (Lipinski definition) is 3. The molecule has 0 radical (unpaired) electrons. The van der Waals surface area contributed by atoms with Gasteiger partial charge in [-0.05, 0) is 36.3 Å². The fourth-order valence-corrected chi connectivity index (χ4v) is 3.63. The normalized spacial score (nSPS) is 21.3. The van der Waals surface area contributed by atoms with Gasteiger partial charge in [-0.25, -0.2) is 0 Å². The van der Waals surface area contributed by atoms with E-state index in [4.69, 9.17) is 0 Å². The maximum Gasteiger partial charge on any atom is 0.234 e. The first-order valence-corrected chi connectivity index (χ1v) is 7.03. The van der Waals surface area contributed by atoms with E-state index < -0.39 is 0 Å². The molecule has 2 nitrogen and oxygen atoms in total. The minimum absolute atomic E-state index is 0.261. The summed E-state index contributed by atoms with van der Waals surface area (Å²) in [6, 6.07) is 1.76. The van der Waals surface area contributed by atoms with Crippen molar-refractivity contribution in [3.8, 4) is 0 Å². The molecule has 3 rings (SSSR count). The SMILES string of the molecule is O=C1C(=O)c2ccsc2C=C1C1CCCCC1. The summed E-state index contributed by atoms with van der Waals surface area (Å²) in [5.41, 5.74) is 1.37. The first-order chi connectivity index (χ1) is 8.27. The quantitative estimate of drug-likeness (QED) is 0.711. The highest BCUT2D eigenvalue weighted by Crippen LogP contribution is 2.36. The van der Waals surface area contributed by atoms with Gasteiger partial charge in [-0.15, -0.1) is 11.3 Å². The second-order valence-corrected chi connectivity index (χ2v) is 5.74. The van der Waals surface area contributed by atoms with Crippen LogP contribution in [0, 0.1) is 5.92 Å². The van der Waals surface area contributed by atoms with Gasteiger partial charge in [-0.3, -0.25) is 9.59 Å². The number of fused-ring (bicyclic) bond motifs is 1. The van der Waals surface area contributed by atoms with Gasteiger partial charge in [-0.1, -0.05) is 19.3 Å². The third-order valence-corrected chi connectivity index (χ3v) is 4.60. The average Bonchev–Trinajstić information content (AvgIpc) is 2.83. The van der Waals surface area contributed by atoms with E-state index >= 15 is 0 Å². The molecule has 0 aliphatic heterocycles. The third-order valence-electron chi connectivity index (χ3n) is 3.74. The number of ketones is 2. The minimum Gasteiger partial charge on any atom is -0.285 e.